The van der Waals surface area contributed by atoms with Crippen LogP contribution in [0.5, 0.6) is 5.75 Å². The molecule has 0 aliphatic rings. The second-order valence-corrected chi connectivity index (χ2v) is 7.94. The zero-order valence-corrected chi connectivity index (χ0v) is 16.7. The van der Waals surface area contributed by atoms with Crippen LogP contribution in [0.15, 0.2) is 59.5 Å². The zero-order valence-electron chi connectivity index (χ0n) is 15.9. The maximum absolute atomic E-state index is 12.5. The smallest absolute Gasteiger partial charge is 0.263 e. The van der Waals surface area contributed by atoms with Gasteiger partial charge in [0, 0.05) is 5.69 Å². The van der Waals surface area contributed by atoms with E-state index in [0.29, 0.717) is 18.2 Å². The van der Waals surface area contributed by atoms with Crippen LogP contribution < -0.4 is 14.8 Å². The molecule has 7 nitrogen and oxygen atoms in total. The minimum absolute atomic E-state index is 0.121. The molecule has 0 amide bonds. The van der Waals surface area contributed by atoms with Gasteiger partial charge in [0.05, 0.1) is 11.5 Å². The number of benzene rings is 2. The van der Waals surface area contributed by atoms with Crippen LogP contribution in [0.2, 0.25) is 0 Å². The van der Waals surface area contributed by atoms with Crippen molar-refractivity contribution in [2.24, 2.45) is 0 Å². The zero-order chi connectivity index (χ0) is 20.1. The fraction of sp³-hybridized carbons (Fsp3) is 0.200. The summed E-state index contributed by atoms with van der Waals surface area (Å²) in [7, 11) is -3.76. The first-order valence-electron chi connectivity index (χ1n) is 8.81. The molecule has 0 fully saturated rings. The first-order chi connectivity index (χ1) is 13.4. The lowest BCUT2D eigenvalue weighted by molar-refractivity contribution is 0.340. The van der Waals surface area contributed by atoms with Crippen LogP contribution in [-0.2, 0) is 10.0 Å². The molecule has 0 saturated carbocycles. The van der Waals surface area contributed by atoms with Crippen LogP contribution in [0.1, 0.15) is 18.1 Å². The first-order valence-corrected chi connectivity index (χ1v) is 10.3. The Hall–Kier alpha value is -3.13. The number of anilines is 3. The van der Waals surface area contributed by atoms with Gasteiger partial charge < -0.3 is 10.1 Å². The topological polar surface area (TPSA) is 93.2 Å². The van der Waals surface area contributed by atoms with Crippen molar-refractivity contribution in [1.82, 2.24) is 10.2 Å². The summed E-state index contributed by atoms with van der Waals surface area (Å²) in [5, 5.41) is 11.2. The van der Waals surface area contributed by atoms with E-state index in [4.69, 9.17) is 4.74 Å². The number of sulfonamides is 1. The number of hydrogen-bond donors (Lipinski definition) is 2. The van der Waals surface area contributed by atoms with Crippen LogP contribution >= 0.6 is 0 Å². The van der Waals surface area contributed by atoms with Crippen molar-refractivity contribution >= 4 is 27.3 Å². The lowest BCUT2D eigenvalue weighted by atomic mass is 10.1. The highest BCUT2D eigenvalue weighted by molar-refractivity contribution is 7.92. The van der Waals surface area contributed by atoms with E-state index in [-0.39, 0.29) is 10.7 Å². The molecule has 2 N–H and O–H groups in total. The third kappa shape index (κ3) is 4.77. The molecule has 8 heteroatoms. The molecule has 0 radical (unpaired) electrons. The summed E-state index contributed by atoms with van der Waals surface area (Å²) in [4.78, 5) is 0.121. The van der Waals surface area contributed by atoms with Crippen LogP contribution in [0.3, 0.4) is 0 Å². The third-order valence-electron chi connectivity index (χ3n) is 3.99. The summed E-state index contributed by atoms with van der Waals surface area (Å²) in [6, 6.07) is 15.5. The maximum atomic E-state index is 12.5. The number of aryl methyl sites for hydroxylation is 2. The average Bonchev–Trinajstić information content (AvgIpc) is 2.66. The fourth-order valence-electron chi connectivity index (χ4n) is 2.62. The van der Waals surface area contributed by atoms with Gasteiger partial charge in [-0.15, -0.1) is 10.2 Å². The Kier molecular flexibility index (Phi) is 5.79. The van der Waals surface area contributed by atoms with Crippen molar-refractivity contribution in [2.45, 2.75) is 25.7 Å². The van der Waals surface area contributed by atoms with E-state index in [1.165, 1.54) is 17.7 Å². The Balaban J connectivity index is 1.70. The minimum atomic E-state index is -3.76. The molecular weight excluding hydrogens is 376 g/mol. The van der Waals surface area contributed by atoms with E-state index in [1.54, 1.807) is 24.3 Å². The maximum Gasteiger partial charge on any atom is 0.263 e. The second-order valence-electron chi connectivity index (χ2n) is 6.26. The number of hydrogen-bond acceptors (Lipinski definition) is 6. The van der Waals surface area contributed by atoms with Crippen molar-refractivity contribution in [3.8, 4) is 5.75 Å². The van der Waals surface area contributed by atoms with Crippen LogP contribution in [-0.4, -0.2) is 25.2 Å². The predicted octanol–water partition coefficient (Wildman–Crippen LogP) is 4.04. The summed E-state index contributed by atoms with van der Waals surface area (Å²) in [6.07, 6.45) is 0. The molecule has 0 spiro atoms. The van der Waals surface area contributed by atoms with Crippen molar-refractivity contribution < 1.29 is 13.2 Å². The lowest BCUT2D eigenvalue weighted by Gasteiger charge is -2.10. The van der Waals surface area contributed by atoms with Gasteiger partial charge in [-0.2, -0.15) is 0 Å². The molecule has 2 aromatic carbocycles. The first kappa shape index (κ1) is 19.6. The SMILES string of the molecule is CCOc1ccc(S(=O)(=O)Nc2ccc(Nc3ccc(C)cc3C)nn2)cc1. The number of nitrogens with one attached hydrogen (secondary N) is 2. The molecular formula is C20H22N4O3S. The van der Waals surface area contributed by atoms with Crippen LogP contribution in [0, 0.1) is 13.8 Å². The van der Waals surface area contributed by atoms with E-state index >= 15 is 0 Å². The van der Waals surface area contributed by atoms with Crippen LogP contribution in [0.25, 0.3) is 0 Å². The fourth-order valence-corrected chi connectivity index (χ4v) is 3.62. The van der Waals surface area contributed by atoms with Crippen molar-refractivity contribution in [3.63, 3.8) is 0 Å². The minimum Gasteiger partial charge on any atom is -0.494 e. The Bertz CT molecular complexity index is 1050. The van der Waals surface area contributed by atoms with Gasteiger partial charge in [-0.25, -0.2) is 8.42 Å². The monoisotopic (exact) mass is 398 g/mol. The normalized spacial score (nSPS) is 11.1. The molecule has 0 bridgehead atoms. The highest BCUT2D eigenvalue weighted by atomic mass is 32.2. The molecule has 28 heavy (non-hydrogen) atoms. The highest BCUT2D eigenvalue weighted by Crippen LogP contribution is 2.21. The number of aromatic nitrogens is 2. The van der Waals surface area contributed by atoms with Gasteiger partial charge in [-0.05, 0) is 68.8 Å². The number of ether oxygens (including phenoxy) is 1. The van der Waals surface area contributed by atoms with Crippen molar-refractivity contribution in [3.05, 3.63) is 65.7 Å². The van der Waals surface area contributed by atoms with Crippen LogP contribution in [0.4, 0.5) is 17.3 Å². The van der Waals surface area contributed by atoms with E-state index in [2.05, 4.69) is 26.3 Å². The van der Waals surface area contributed by atoms with E-state index in [9.17, 15) is 8.42 Å². The summed E-state index contributed by atoms with van der Waals surface area (Å²) < 4.78 is 32.7. The highest BCUT2D eigenvalue weighted by Gasteiger charge is 2.15. The van der Waals surface area contributed by atoms with Crippen molar-refractivity contribution in [2.75, 3.05) is 16.6 Å². The molecule has 146 valence electrons. The quantitative estimate of drug-likeness (QED) is 0.624. The molecule has 3 aromatic rings. The molecule has 0 atom stereocenters. The Morgan fingerprint density at radius 1 is 0.929 bits per heavy atom. The standard InChI is InChI=1S/C20H22N4O3S/c1-4-27-16-6-8-17(9-7-16)28(25,26)24-20-12-11-19(22-23-20)21-18-10-5-14(2)13-15(18)3/h5-13H,4H2,1-3H3,(H,21,22)(H,23,24). The molecule has 0 saturated heterocycles. The Morgan fingerprint density at radius 3 is 2.21 bits per heavy atom. The summed E-state index contributed by atoms with van der Waals surface area (Å²) in [6.45, 7) is 6.41. The summed E-state index contributed by atoms with van der Waals surface area (Å²) in [5.74, 6) is 1.28. The van der Waals surface area contributed by atoms with Gasteiger partial charge in [0.15, 0.2) is 11.6 Å². The largest absolute Gasteiger partial charge is 0.494 e. The van der Waals surface area contributed by atoms with E-state index in [1.807, 2.05) is 32.9 Å². The lowest BCUT2D eigenvalue weighted by Crippen LogP contribution is -2.14. The molecule has 0 aliphatic carbocycles. The van der Waals surface area contributed by atoms with Gasteiger partial charge in [0.2, 0.25) is 0 Å². The third-order valence-corrected chi connectivity index (χ3v) is 5.36. The Labute approximate surface area is 164 Å². The van der Waals surface area contributed by atoms with E-state index in [0.717, 1.165) is 11.3 Å². The van der Waals surface area contributed by atoms with Gasteiger partial charge in [0.25, 0.3) is 10.0 Å². The Morgan fingerprint density at radius 2 is 1.61 bits per heavy atom. The molecule has 0 unspecified atom stereocenters. The number of rotatable bonds is 7. The molecule has 1 heterocycles. The van der Waals surface area contributed by atoms with Gasteiger partial charge in [-0.3, -0.25) is 4.72 Å². The summed E-state index contributed by atoms with van der Waals surface area (Å²) >= 11 is 0. The molecule has 0 aliphatic heterocycles. The summed E-state index contributed by atoms with van der Waals surface area (Å²) in [5.41, 5.74) is 3.18. The second kappa shape index (κ2) is 8.26. The molecule has 1 aromatic heterocycles. The van der Waals surface area contributed by atoms with Gasteiger partial charge in [0.1, 0.15) is 5.75 Å². The van der Waals surface area contributed by atoms with Gasteiger partial charge >= 0.3 is 0 Å². The van der Waals surface area contributed by atoms with Gasteiger partial charge in [-0.1, -0.05) is 17.7 Å². The predicted molar refractivity (Wildman–Crippen MR) is 110 cm³/mol. The molecule has 3 rings (SSSR count). The van der Waals surface area contributed by atoms with E-state index < -0.39 is 10.0 Å². The van der Waals surface area contributed by atoms with Crippen molar-refractivity contribution in [1.29, 1.82) is 0 Å². The average molecular weight is 398 g/mol. The number of nitrogens with zero attached hydrogens (tertiary/aromatic N) is 2.